The number of carbonyl (C=O) groups is 2. The van der Waals surface area contributed by atoms with Gasteiger partial charge >= 0.3 is 6.03 Å². The largest absolute Gasteiger partial charge is 0.336 e. The van der Waals surface area contributed by atoms with Crippen molar-refractivity contribution in [2.75, 3.05) is 5.75 Å². The van der Waals surface area contributed by atoms with Crippen molar-refractivity contribution in [3.8, 4) is 0 Å². The van der Waals surface area contributed by atoms with Crippen LogP contribution in [0, 0.1) is 0 Å². The minimum atomic E-state index is -0.499. The topological polar surface area (TPSA) is 115 Å². The third-order valence-corrected chi connectivity index (χ3v) is 3.13. The summed E-state index contributed by atoms with van der Waals surface area (Å²) in [6, 6.07) is -0.521. The summed E-state index contributed by atoms with van der Waals surface area (Å²) in [5.41, 5.74) is 5.47. The summed E-state index contributed by atoms with van der Waals surface area (Å²) >= 11 is 1.19. The van der Waals surface area contributed by atoms with Gasteiger partial charge in [0.2, 0.25) is 5.91 Å². The van der Waals surface area contributed by atoms with E-state index in [2.05, 4.69) is 20.8 Å². The Morgan fingerprint density at radius 3 is 2.63 bits per heavy atom. The second-order valence-electron chi connectivity index (χ2n) is 4.13. The number of thioether (sulfide) groups is 1. The smallest absolute Gasteiger partial charge is 0.321 e. The summed E-state index contributed by atoms with van der Waals surface area (Å²) in [7, 11) is 1.77. The molecule has 0 saturated carbocycles. The van der Waals surface area contributed by atoms with E-state index >= 15 is 0 Å². The Morgan fingerprint density at radius 2 is 2.11 bits per heavy atom. The van der Waals surface area contributed by atoms with Gasteiger partial charge in [0.05, 0.1) is 12.3 Å². The zero-order valence-corrected chi connectivity index (χ0v) is 12.0. The van der Waals surface area contributed by atoms with Gasteiger partial charge in [0.1, 0.15) is 5.82 Å². The molecule has 3 amide bonds. The summed E-state index contributed by atoms with van der Waals surface area (Å²) in [6.07, 6.45) is 0. The first kappa shape index (κ1) is 15.4. The minimum absolute atomic E-state index is 0.0219. The van der Waals surface area contributed by atoms with E-state index in [1.165, 1.54) is 11.8 Å². The Morgan fingerprint density at radius 1 is 1.42 bits per heavy atom. The fraction of sp³-hybridized carbons (Fsp3) is 0.600. The van der Waals surface area contributed by atoms with E-state index in [1.807, 2.05) is 13.8 Å². The number of nitrogens with one attached hydrogen (secondary N) is 2. The molecule has 19 heavy (non-hydrogen) atoms. The van der Waals surface area contributed by atoms with E-state index in [9.17, 15) is 9.59 Å². The van der Waals surface area contributed by atoms with Crippen molar-refractivity contribution in [2.45, 2.75) is 31.6 Å². The first-order valence-corrected chi connectivity index (χ1v) is 6.74. The lowest BCUT2D eigenvalue weighted by molar-refractivity contribution is -0.117. The number of carbonyl (C=O) groups excluding carboxylic acids is 2. The van der Waals surface area contributed by atoms with Crippen LogP contribution in [0.2, 0.25) is 0 Å². The third-order valence-electron chi connectivity index (χ3n) is 2.11. The molecule has 4 N–H and O–H groups in total. The van der Waals surface area contributed by atoms with Crippen LogP contribution in [0.3, 0.4) is 0 Å². The van der Waals surface area contributed by atoms with Crippen LogP contribution in [0.25, 0.3) is 0 Å². The molecule has 0 aromatic carbocycles. The molecule has 0 bridgehead atoms. The van der Waals surface area contributed by atoms with E-state index in [-0.39, 0.29) is 24.2 Å². The van der Waals surface area contributed by atoms with Gasteiger partial charge in [0.15, 0.2) is 5.16 Å². The number of hydrogen-bond donors (Lipinski definition) is 3. The van der Waals surface area contributed by atoms with E-state index < -0.39 is 6.03 Å². The maximum atomic E-state index is 11.5. The standard InChI is InChI=1S/C10H18N6O2S/c1-6(2)12-9(18)13-8(17)5-19-10-15-14-7(4-11)16(10)3/h6H,4-5,11H2,1-3H3,(H2,12,13,17,18). The molecular weight excluding hydrogens is 268 g/mol. The van der Waals surface area contributed by atoms with Gasteiger partial charge in [0, 0.05) is 13.1 Å². The molecular formula is C10H18N6O2S. The molecule has 0 spiro atoms. The zero-order valence-electron chi connectivity index (χ0n) is 11.1. The van der Waals surface area contributed by atoms with Crippen molar-refractivity contribution in [3.63, 3.8) is 0 Å². The highest BCUT2D eigenvalue weighted by Crippen LogP contribution is 2.14. The number of urea groups is 1. The normalized spacial score (nSPS) is 10.6. The molecule has 0 radical (unpaired) electrons. The summed E-state index contributed by atoms with van der Waals surface area (Å²) in [6.45, 7) is 3.91. The van der Waals surface area contributed by atoms with Crippen molar-refractivity contribution >= 4 is 23.7 Å². The summed E-state index contributed by atoms with van der Waals surface area (Å²) in [5.74, 6) is 0.336. The minimum Gasteiger partial charge on any atom is -0.336 e. The number of rotatable bonds is 5. The molecule has 1 heterocycles. The predicted octanol–water partition coefficient (Wildman–Crippen LogP) is -0.400. The lowest BCUT2D eigenvalue weighted by Crippen LogP contribution is -2.43. The average molecular weight is 286 g/mol. The maximum absolute atomic E-state index is 11.5. The van der Waals surface area contributed by atoms with Crippen molar-refractivity contribution < 1.29 is 9.59 Å². The Labute approximate surface area is 115 Å². The number of imide groups is 1. The lowest BCUT2D eigenvalue weighted by Gasteiger charge is -2.08. The Bertz CT molecular complexity index is 459. The van der Waals surface area contributed by atoms with Gasteiger partial charge in [-0.1, -0.05) is 11.8 Å². The first-order valence-electron chi connectivity index (χ1n) is 5.75. The summed E-state index contributed by atoms with van der Waals surface area (Å²) in [4.78, 5) is 22.8. The molecule has 0 aliphatic carbocycles. The second kappa shape index (κ2) is 7.10. The first-order chi connectivity index (χ1) is 8.93. The van der Waals surface area contributed by atoms with E-state index in [1.54, 1.807) is 11.6 Å². The molecule has 0 saturated heterocycles. The highest BCUT2D eigenvalue weighted by molar-refractivity contribution is 7.99. The van der Waals surface area contributed by atoms with Gasteiger partial charge in [-0.25, -0.2) is 4.79 Å². The molecule has 0 fully saturated rings. The molecule has 0 unspecified atom stereocenters. The van der Waals surface area contributed by atoms with Gasteiger partial charge < -0.3 is 15.6 Å². The van der Waals surface area contributed by atoms with Crippen LogP contribution in [0.5, 0.6) is 0 Å². The Hall–Kier alpha value is -1.61. The molecule has 0 aliphatic heterocycles. The number of aromatic nitrogens is 3. The lowest BCUT2D eigenvalue weighted by atomic mass is 10.4. The molecule has 1 aromatic rings. The molecule has 0 atom stereocenters. The van der Waals surface area contributed by atoms with E-state index in [0.717, 1.165) is 0 Å². The van der Waals surface area contributed by atoms with Crippen molar-refractivity contribution in [1.82, 2.24) is 25.4 Å². The van der Waals surface area contributed by atoms with Gasteiger partial charge in [-0.15, -0.1) is 10.2 Å². The third kappa shape index (κ3) is 4.87. The highest BCUT2D eigenvalue weighted by Gasteiger charge is 2.12. The Kier molecular flexibility index (Phi) is 5.77. The Balaban J connectivity index is 2.41. The molecule has 1 aromatic heterocycles. The predicted molar refractivity (Wildman–Crippen MR) is 71.4 cm³/mol. The van der Waals surface area contributed by atoms with Gasteiger partial charge in [-0.05, 0) is 13.8 Å². The monoisotopic (exact) mass is 286 g/mol. The molecule has 9 heteroatoms. The second-order valence-corrected chi connectivity index (χ2v) is 5.07. The number of nitrogens with zero attached hydrogens (tertiary/aromatic N) is 3. The average Bonchev–Trinajstić information content (AvgIpc) is 2.66. The molecule has 1 rings (SSSR count). The van der Waals surface area contributed by atoms with Crippen LogP contribution >= 0.6 is 11.8 Å². The fourth-order valence-corrected chi connectivity index (χ4v) is 1.97. The molecule has 8 nitrogen and oxygen atoms in total. The van der Waals surface area contributed by atoms with Gasteiger partial charge in [-0.3, -0.25) is 10.1 Å². The zero-order chi connectivity index (χ0) is 14.4. The highest BCUT2D eigenvalue weighted by atomic mass is 32.2. The van der Waals surface area contributed by atoms with Crippen LogP contribution in [-0.4, -0.2) is 38.5 Å². The van der Waals surface area contributed by atoms with Crippen LogP contribution in [0.4, 0.5) is 4.79 Å². The van der Waals surface area contributed by atoms with Crippen molar-refractivity contribution in [3.05, 3.63) is 5.82 Å². The number of amides is 3. The van der Waals surface area contributed by atoms with E-state index in [4.69, 9.17) is 5.73 Å². The van der Waals surface area contributed by atoms with Gasteiger partial charge in [0.25, 0.3) is 0 Å². The van der Waals surface area contributed by atoms with Crippen LogP contribution < -0.4 is 16.4 Å². The number of nitrogens with two attached hydrogens (primary N) is 1. The van der Waals surface area contributed by atoms with Crippen LogP contribution in [0.15, 0.2) is 5.16 Å². The molecule has 0 aliphatic rings. The quantitative estimate of drug-likeness (QED) is 0.634. The number of hydrogen-bond acceptors (Lipinski definition) is 6. The SMILES string of the molecule is CC(C)NC(=O)NC(=O)CSc1nnc(CN)n1C. The van der Waals surface area contributed by atoms with E-state index in [0.29, 0.717) is 11.0 Å². The van der Waals surface area contributed by atoms with Crippen molar-refractivity contribution in [2.24, 2.45) is 12.8 Å². The molecule has 106 valence electrons. The van der Waals surface area contributed by atoms with Crippen molar-refractivity contribution in [1.29, 1.82) is 0 Å². The van der Waals surface area contributed by atoms with Crippen LogP contribution in [-0.2, 0) is 18.4 Å². The van der Waals surface area contributed by atoms with Crippen LogP contribution in [0.1, 0.15) is 19.7 Å². The summed E-state index contributed by atoms with van der Waals surface area (Å²) in [5, 5.41) is 13.1. The fourth-order valence-electron chi connectivity index (χ4n) is 1.24. The summed E-state index contributed by atoms with van der Waals surface area (Å²) < 4.78 is 1.71. The van der Waals surface area contributed by atoms with Gasteiger partial charge in [-0.2, -0.15) is 0 Å². The maximum Gasteiger partial charge on any atom is 0.321 e.